The van der Waals surface area contributed by atoms with Crippen LogP contribution in [0.3, 0.4) is 0 Å². The van der Waals surface area contributed by atoms with Gasteiger partial charge in [0.2, 0.25) is 5.95 Å². The molecule has 1 aliphatic carbocycles. The number of methoxy groups -OCH3 is 1. The van der Waals surface area contributed by atoms with Crippen LogP contribution in [0.1, 0.15) is 50.0 Å². The number of rotatable bonds is 10. The molecule has 1 fully saturated rings. The van der Waals surface area contributed by atoms with Gasteiger partial charge in [-0.25, -0.2) is 9.07 Å². The van der Waals surface area contributed by atoms with Gasteiger partial charge in [0.25, 0.3) is 0 Å². The molecule has 3 aromatic rings. The van der Waals surface area contributed by atoms with E-state index >= 15 is 0 Å². The normalized spacial score (nSPS) is 14.1. The molecule has 1 aliphatic rings. The lowest BCUT2D eigenvalue weighted by molar-refractivity contribution is 0.176. The summed E-state index contributed by atoms with van der Waals surface area (Å²) < 4.78 is 20.7. The molecule has 5 nitrogen and oxygen atoms in total. The Labute approximate surface area is 210 Å². The average molecular weight is 514 g/mol. The van der Waals surface area contributed by atoms with Crippen molar-refractivity contribution in [3.63, 3.8) is 0 Å². The summed E-state index contributed by atoms with van der Waals surface area (Å²) in [6.45, 7) is 3.20. The molecule has 0 amide bonds. The second-order valence-electron chi connectivity index (χ2n) is 8.21. The van der Waals surface area contributed by atoms with E-state index in [1.165, 1.54) is 25.0 Å². The topological polar surface area (TPSA) is 43.2 Å². The van der Waals surface area contributed by atoms with Crippen LogP contribution in [-0.4, -0.2) is 28.4 Å². The van der Waals surface area contributed by atoms with Crippen molar-refractivity contribution in [2.75, 3.05) is 18.6 Å². The molecule has 1 heterocycles. The van der Waals surface area contributed by atoms with Crippen LogP contribution in [-0.2, 0) is 11.3 Å². The standard InChI is InChI=1S/C24H27Cl2FN4O.ClH/c1-3-12-30(22(13-16-4-5-16)17-6-9-19(27)10-7-17)24-28-23(15-32-2)31(29-24)21-11-8-18(25)14-20(21)26;/h6-11,14,16,22H,3-5,12-13,15H2,1-2H3;1H. The number of hydrogen-bond acceptors (Lipinski definition) is 4. The van der Waals surface area contributed by atoms with Crippen LogP contribution in [0.2, 0.25) is 10.0 Å². The number of aromatic nitrogens is 3. The summed E-state index contributed by atoms with van der Waals surface area (Å²) in [7, 11) is 1.63. The third-order valence-electron chi connectivity index (χ3n) is 5.68. The summed E-state index contributed by atoms with van der Waals surface area (Å²) in [5.41, 5.74) is 1.76. The summed E-state index contributed by atoms with van der Waals surface area (Å²) in [5, 5.41) is 5.89. The molecule has 0 N–H and O–H groups in total. The van der Waals surface area contributed by atoms with E-state index in [1.54, 1.807) is 23.9 Å². The fraction of sp³-hybridized carbons (Fsp3) is 0.417. The Morgan fingerprint density at radius 3 is 2.52 bits per heavy atom. The monoisotopic (exact) mass is 512 g/mol. The van der Waals surface area contributed by atoms with Gasteiger partial charge in [-0.05, 0) is 54.7 Å². The molecule has 0 aliphatic heterocycles. The fourth-order valence-corrected chi connectivity index (χ4v) is 4.44. The Hall–Kier alpha value is -1.86. The molecule has 0 saturated heterocycles. The average Bonchev–Trinajstić information content (AvgIpc) is 3.50. The molecule has 33 heavy (non-hydrogen) atoms. The molecule has 9 heteroatoms. The summed E-state index contributed by atoms with van der Waals surface area (Å²) in [6, 6.07) is 12.1. The van der Waals surface area contributed by atoms with Crippen molar-refractivity contribution in [2.45, 2.75) is 45.3 Å². The molecule has 0 bridgehead atoms. The molecule has 2 aromatic carbocycles. The van der Waals surface area contributed by atoms with Crippen LogP contribution in [0.4, 0.5) is 10.3 Å². The van der Waals surface area contributed by atoms with Gasteiger partial charge in [-0.2, -0.15) is 4.98 Å². The number of halogens is 4. The lowest BCUT2D eigenvalue weighted by Crippen LogP contribution is -2.31. The highest BCUT2D eigenvalue weighted by atomic mass is 35.5. The first-order chi connectivity index (χ1) is 15.5. The van der Waals surface area contributed by atoms with E-state index in [0.29, 0.717) is 33.4 Å². The van der Waals surface area contributed by atoms with Gasteiger partial charge in [0, 0.05) is 18.7 Å². The summed E-state index contributed by atoms with van der Waals surface area (Å²) >= 11 is 12.6. The van der Waals surface area contributed by atoms with Gasteiger partial charge in [-0.15, -0.1) is 17.5 Å². The maximum atomic E-state index is 13.6. The molecule has 1 aromatic heterocycles. The van der Waals surface area contributed by atoms with Crippen molar-refractivity contribution < 1.29 is 9.13 Å². The molecule has 0 spiro atoms. The molecule has 0 radical (unpaired) electrons. The Kier molecular flexibility index (Phi) is 8.99. The van der Waals surface area contributed by atoms with Crippen LogP contribution < -0.4 is 4.90 Å². The van der Waals surface area contributed by atoms with Crippen molar-refractivity contribution in [3.8, 4) is 5.69 Å². The smallest absolute Gasteiger partial charge is 0.246 e. The minimum atomic E-state index is -0.233. The molecule has 1 saturated carbocycles. The molecular formula is C24H28Cl3FN4O. The van der Waals surface area contributed by atoms with Gasteiger partial charge in [0.05, 0.1) is 16.8 Å². The predicted molar refractivity (Wildman–Crippen MR) is 133 cm³/mol. The van der Waals surface area contributed by atoms with Gasteiger partial charge >= 0.3 is 0 Å². The highest BCUT2D eigenvalue weighted by Crippen LogP contribution is 2.41. The van der Waals surface area contributed by atoms with Crippen molar-refractivity contribution >= 4 is 41.6 Å². The van der Waals surface area contributed by atoms with Gasteiger partial charge in [-0.1, -0.05) is 55.1 Å². The first kappa shape index (κ1) is 25.8. The van der Waals surface area contributed by atoms with Crippen LogP contribution in [0.25, 0.3) is 5.69 Å². The third-order valence-corrected chi connectivity index (χ3v) is 6.22. The maximum absolute atomic E-state index is 13.6. The highest BCUT2D eigenvalue weighted by Gasteiger charge is 2.32. The summed E-state index contributed by atoms with van der Waals surface area (Å²) in [6.07, 6.45) is 4.38. The van der Waals surface area contributed by atoms with E-state index in [-0.39, 0.29) is 30.9 Å². The summed E-state index contributed by atoms with van der Waals surface area (Å²) in [4.78, 5) is 7.06. The van der Waals surface area contributed by atoms with Gasteiger partial charge in [0.1, 0.15) is 12.4 Å². The lowest BCUT2D eigenvalue weighted by atomic mass is 9.99. The van der Waals surface area contributed by atoms with Crippen LogP contribution in [0, 0.1) is 11.7 Å². The minimum Gasteiger partial charge on any atom is -0.377 e. The van der Waals surface area contributed by atoms with E-state index in [1.807, 2.05) is 18.2 Å². The van der Waals surface area contributed by atoms with E-state index < -0.39 is 0 Å². The van der Waals surface area contributed by atoms with Gasteiger partial charge in [0.15, 0.2) is 5.82 Å². The largest absolute Gasteiger partial charge is 0.377 e. The van der Waals surface area contributed by atoms with Crippen molar-refractivity contribution in [1.82, 2.24) is 14.8 Å². The maximum Gasteiger partial charge on any atom is 0.246 e. The number of anilines is 1. The molecule has 1 atom stereocenters. The first-order valence-electron chi connectivity index (χ1n) is 10.9. The number of benzene rings is 2. The van der Waals surface area contributed by atoms with Gasteiger partial charge < -0.3 is 9.64 Å². The molecular weight excluding hydrogens is 486 g/mol. The van der Waals surface area contributed by atoms with Crippen LogP contribution in [0.5, 0.6) is 0 Å². The SMILES string of the molecule is CCCN(c1nc(COC)n(-c2ccc(Cl)cc2Cl)n1)C(CC1CC1)c1ccc(F)cc1.Cl. The van der Waals surface area contributed by atoms with Crippen molar-refractivity contribution in [1.29, 1.82) is 0 Å². The van der Waals surface area contributed by atoms with E-state index in [9.17, 15) is 4.39 Å². The zero-order chi connectivity index (χ0) is 22.7. The first-order valence-corrected chi connectivity index (χ1v) is 11.7. The Morgan fingerprint density at radius 1 is 1.18 bits per heavy atom. The molecule has 4 rings (SSSR count). The van der Waals surface area contributed by atoms with E-state index in [4.69, 9.17) is 38.0 Å². The molecule has 178 valence electrons. The number of nitrogens with zero attached hydrogens (tertiary/aromatic N) is 4. The van der Waals surface area contributed by atoms with Crippen molar-refractivity contribution in [2.24, 2.45) is 5.92 Å². The Bertz CT molecular complexity index is 1060. The number of ether oxygens (including phenoxy) is 1. The highest BCUT2D eigenvalue weighted by molar-refractivity contribution is 6.35. The number of hydrogen-bond donors (Lipinski definition) is 0. The zero-order valence-electron chi connectivity index (χ0n) is 18.7. The second kappa shape index (κ2) is 11.5. The molecule has 1 unspecified atom stereocenters. The fourth-order valence-electron chi connectivity index (χ4n) is 3.96. The zero-order valence-corrected chi connectivity index (χ0v) is 21.0. The van der Waals surface area contributed by atoms with Crippen LogP contribution in [0.15, 0.2) is 42.5 Å². The van der Waals surface area contributed by atoms with Gasteiger partial charge in [-0.3, -0.25) is 0 Å². The minimum absolute atomic E-state index is 0. The lowest BCUT2D eigenvalue weighted by Gasteiger charge is -2.31. The second-order valence-corrected chi connectivity index (χ2v) is 9.05. The van der Waals surface area contributed by atoms with E-state index in [0.717, 1.165) is 24.9 Å². The van der Waals surface area contributed by atoms with Crippen molar-refractivity contribution in [3.05, 3.63) is 69.7 Å². The Morgan fingerprint density at radius 2 is 1.91 bits per heavy atom. The third kappa shape index (κ3) is 6.18. The van der Waals surface area contributed by atoms with E-state index in [2.05, 4.69) is 11.8 Å². The van der Waals surface area contributed by atoms with Crippen LogP contribution >= 0.6 is 35.6 Å². The Balaban J connectivity index is 0.00000306. The summed E-state index contributed by atoms with van der Waals surface area (Å²) in [5.74, 6) is 1.70. The predicted octanol–water partition coefficient (Wildman–Crippen LogP) is 7.04. The quantitative estimate of drug-likeness (QED) is 0.292.